The Bertz CT molecular complexity index is 2350. The van der Waals surface area contributed by atoms with Crippen LogP contribution in [0.3, 0.4) is 0 Å². The Balaban J connectivity index is 1.58. The van der Waals surface area contributed by atoms with Gasteiger partial charge in [0.05, 0.1) is 33.1 Å². The number of rotatable bonds is 2. The van der Waals surface area contributed by atoms with E-state index < -0.39 is 5.69 Å². The fourth-order valence-electron chi connectivity index (χ4n) is 5.59. The van der Waals surface area contributed by atoms with Crippen LogP contribution in [-0.2, 0) is 0 Å². The van der Waals surface area contributed by atoms with Gasteiger partial charge in [-0.1, -0.05) is 60.7 Å². The van der Waals surface area contributed by atoms with Gasteiger partial charge in [-0.25, -0.2) is 9.36 Å². The zero-order valence-corrected chi connectivity index (χ0v) is 19.9. The molecule has 6 heteroatoms. The number of aromatic nitrogens is 2. The molecule has 8 aromatic rings. The molecule has 0 fully saturated rings. The number of nitrogens with zero attached hydrogens (tertiary/aromatic N) is 2. The molecule has 0 aliphatic heterocycles. The first kappa shape index (κ1) is 20.8. The van der Waals surface area contributed by atoms with Gasteiger partial charge in [-0.2, -0.15) is 0 Å². The lowest BCUT2D eigenvalue weighted by atomic mass is 10.1. The van der Waals surface area contributed by atoms with E-state index in [-0.39, 0.29) is 5.56 Å². The lowest BCUT2D eigenvalue weighted by Crippen LogP contribution is -2.38. The van der Waals surface area contributed by atoms with Gasteiger partial charge in [0.1, 0.15) is 22.3 Å². The zero-order chi connectivity index (χ0) is 25.4. The number of furan rings is 2. The first-order valence-electron chi connectivity index (χ1n) is 12.3. The fourth-order valence-corrected chi connectivity index (χ4v) is 5.59. The highest BCUT2D eigenvalue weighted by Gasteiger charge is 2.21. The normalized spacial score (nSPS) is 11.9. The molecule has 38 heavy (non-hydrogen) atoms. The van der Waals surface area contributed by atoms with Crippen LogP contribution in [0.5, 0.6) is 0 Å². The predicted octanol–water partition coefficient (Wildman–Crippen LogP) is 6.94. The third kappa shape index (κ3) is 2.71. The summed E-state index contributed by atoms with van der Waals surface area (Å²) in [5, 5.41) is 3.70. The average molecular weight is 495 g/mol. The predicted molar refractivity (Wildman–Crippen MR) is 150 cm³/mol. The van der Waals surface area contributed by atoms with Gasteiger partial charge in [0.15, 0.2) is 0 Å². The van der Waals surface area contributed by atoms with E-state index in [0.717, 1.165) is 27.1 Å². The van der Waals surface area contributed by atoms with Crippen LogP contribution in [0.4, 0.5) is 0 Å². The summed E-state index contributed by atoms with van der Waals surface area (Å²) in [5.41, 5.74) is 3.50. The third-order valence-electron chi connectivity index (χ3n) is 7.20. The molecular weight excluding hydrogens is 476 g/mol. The van der Waals surface area contributed by atoms with Gasteiger partial charge in [-0.15, -0.1) is 0 Å². The molecular formula is C32H18N2O4. The molecule has 180 valence electrons. The Hall–Kier alpha value is -5.36. The van der Waals surface area contributed by atoms with Gasteiger partial charge >= 0.3 is 5.69 Å². The minimum Gasteiger partial charge on any atom is -0.456 e. The smallest absolute Gasteiger partial charge is 0.340 e. The number of fused-ring (bicyclic) bond motifs is 7. The van der Waals surface area contributed by atoms with Crippen LogP contribution in [0.25, 0.3) is 66.2 Å². The van der Waals surface area contributed by atoms with E-state index in [1.165, 1.54) is 4.57 Å². The molecule has 0 spiro atoms. The third-order valence-corrected chi connectivity index (χ3v) is 7.20. The Kier molecular flexibility index (Phi) is 4.14. The van der Waals surface area contributed by atoms with Crippen LogP contribution in [0.2, 0.25) is 0 Å². The van der Waals surface area contributed by atoms with E-state index in [2.05, 4.69) is 0 Å². The molecule has 0 atom stereocenters. The van der Waals surface area contributed by atoms with E-state index in [1.54, 1.807) is 28.8 Å². The van der Waals surface area contributed by atoms with Crippen LogP contribution in [0, 0.1) is 0 Å². The van der Waals surface area contributed by atoms with E-state index in [4.69, 9.17) is 8.83 Å². The van der Waals surface area contributed by atoms with Gasteiger partial charge in [0.2, 0.25) is 0 Å². The Morgan fingerprint density at radius 3 is 1.53 bits per heavy atom. The minimum atomic E-state index is -0.468. The van der Waals surface area contributed by atoms with Gasteiger partial charge in [-0.3, -0.25) is 9.36 Å². The van der Waals surface area contributed by atoms with E-state index >= 15 is 0 Å². The molecule has 0 aliphatic rings. The summed E-state index contributed by atoms with van der Waals surface area (Å²) in [6, 6.07) is 33.7. The molecule has 8 rings (SSSR count). The van der Waals surface area contributed by atoms with Crippen molar-refractivity contribution in [1.82, 2.24) is 9.13 Å². The Labute approximate surface area is 214 Å². The van der Waals surface area contributed by atoms with Crippen LogP contribution >= 0.6 is 0 Å². The fraction of sp³-hybridized carbons (Fsp3) is 0. The topological polar surface area (TPSA) is 70.3 Å². The number of benzene rings is 5. The highest BCUT2D eigenvalue weighted by atomic mass is 16.3. The van der Waals surface area contributed by atoms with Crippen molar-refractivity contribution < 1.29 is 8.83 Å². The molecule has 0 amide bonds. The van der Waals surface area contributed by atoms with Crippen molar-refractivity contribution in [3.8, 4) is 11.4 Å². The number of para-hydroxylation sites is 3. The van der Waals surface area contributed by atoms with Crippen LogP contribution < -0.4 is 11.2 Å². The standard InChI is InChI=1S/C32H18N2O4/c35-31-19-9-1-4-12-22(19)33(23-13-7-17-27-29(23)20-10-2-5-15-25(20)37-27)32(36)34(31)24-14-8-18-28-30(24)21-11-3-6-16-26(21)38-28/h1-18H. The summed E-state index contributed by atoms with van der Waals surface area (Å²) in [4.78, 5) is 28.4. The maximum atomic E-state index is 14.5. The summed E-state index contributed by atoms with van der Waals surface area (Å²) in [6.45, 7) is 0. The minimum absolute atomic E-state index is 0.385. The first-order chi connectivity index (χ1) is 18.7. The summed E-state index contributed by atoms with van der Waals surface area (Å²) < 4.78 is 15.0. The summed E-state index contributed by atoms with van der Waals surface area (Å²) in [7, 11) is 0. The quantitative estimate of drug-likeness (QED) is 0.261. The number of hydrogen-bond donors (Lipinski definition) is 0. The second-order valence-corrected chi connectivity index (χ2v) is 9.27. The molecule has 0 bridgehead atoms. The van der Waals surface area contributed by atoms with Crippen molar-refractivity contribution in [2.45, 2.75) is 0 Å². The van der Waals surface area contributed by atoms with Crippen molar-refractivity contribution in [3.63, 3.8) is 0 Å². The van der Waals surface area contributed by atoms with Crippen LogP contribution in [-0.4, -0.2) is 9.13 Å². The molecule has 0 radical (unpaired) electrons. The zero-order valence-electron chi connectivity index (χ0n) is 19.9. The van der Waals surface area contributed by atoms with E-state index in [9.17, 15) is 9.59 Å². The second kappa shape index (κ2) is 7.57. The summed E-state index contributed by atoms with van der Waals surface area (Å²) in [6.07, 6.45) is 0. The highest BCUT2D eigenvalue weighted by Crippen LogP contribution is 2.35. The molecule has 0 saturated heterocycles. The highest BCUT2D eigenvalue weighted by molar-refractivity contribution is 6.10. The molecule has 3 heterocycles. The SMILES string of the molecule is O=c1c2ccccc2n(-c2cccc3oc4ccccc4c23)c(=O)n1-c1cccc2oc3ccccc3c12. The molecule has 0 saturated carbocycles. The van der Waals surface area contributed by atoms with Crippen molar-refractivity contribution in [2.24, 2.45) is 0 Å². The van der Waals surface area contributed by atoms with Crippen LogP contribution in [0.1, 0.15) is 0 Å². The first-order valence-corrected chi connectivity index (χ1v) is 12.3. The maximum absolute atomic E-state index is 14.5. The van der Waals surface area contributed by atoms with Crippen LogP contribution in [0.15, 0.2) is 128 Å². The van der Waals surface area contributed by atoms with Crippen molar-refractivity contribution in [1.29, 1.82) is 0 Å². The number of hydrogen-bond acceptors (Lipinski definition) is 4. The largest absolute Gasteiger partial charge is 0.456 e. The lowest BCUT2D eigenvalue weighted by Gasteiger charge is -2.15. The van der Waals surface area contributed by atoms with Crippen molar-refractivity contribution in [3.05, 3.63) is 130 Å². The van der Waals surface area contributed by atoms with E-state index in [0.29, 0.717) is 39.0 Å². The van der Waals surface area contributed by atoms with Gasteiger partial charge < -0.3 is 8.83 Å². The van der Waals surface area contributed by atoms with E-state index in [1.807, 2.05) is 84.9 Å². The molecule has 3 aromatic heterocycles. The Morgan fingerprint density at radius 2 is 0.921 bits per heavy atom. The molecule has 0 aliphatic carbocycles. The molecule has 0 N–H and O–H groups in total. The Morgan fingerprint density at radius 1 is 0.447 bits per heavy atom. The monoisotopic (exact) mass is 494 g/mol. The van der Waals surface area contributed by atoms with Gasteiger partial charge in [0.25, 0.3) is 5.56 Å². The van der Waals surface area contributed by atoms with Gasteiger partial charge in [-0.05, 0) is 48.5 Å². The lowest BCUT2D eigenvalue weighted by molar-refractivity contribution is 0.668. The van der Waals surface area contributed by atoms with Crippen molar-refractivity contribution in [2.75, 3.05) is 0 Å². The molecule has 0 unspecified atom stereocenters. The summed E-state index contributed by atoms with van der Waals surface area (Å²) in [5.74, 6) is 0. The molecule has 6 nitrogen and oxygen atoms in total. The van der Waals surface area contributed by atoms with Gasteiger partial charge in [0, 0.05) is 10.8 Å². The summed E-state index contributed by atoms with van der Waals surface area (Å²) >= 11 is 0. The maximum Gasteiger partial charge on any atom is 0.340 e. The average Bonchev–Trinajstić information content (AvgIpc) is 3.52. The molecule has 5 aromatic carbocycles. The second-order valence-electron chi connectivity index (χ2n) is 9.27. The van der Waals surface area contributed by atoms with Crippen molar-refractivity contribution >= 4 is 54.8 Å².